The van der Waals surface area contributed by atoms with Gasteiger partial charge in [-0.3, -0.25) is 4.79 Å². The molecule has 0 aromatic carbocycles. The summed E-state index contributed by atoms with van der Waals surface area (Å²) in [6, 6.07) is 2.64. The van der Waals surface area contributed by atoms with Gasteiger partial charge in [0.2, 0.25) is 15.7 Å². The number of nitrogens with one attached hydrogen (secondary N) is 1. The lowest BCUT2D eigenvalue weighted by Gasteiger charge is -2.09. The van der Waals surface area contributed by atoms with Crippen molar-refractivity contribution in [2.45, 2.75) is 11.2 Å². The fraction of sp³-hybridized carbons (Fsp3) is 0.333. The molecule has 10 heteroatoms. The van der Waals surface area contributed by atoms with Crippen molar-refractivity contribution < 1.29 is 26.4 Å². The van der Waals surface area contributed by atoms with Gasteiger partial charge in [0.05, 0.1) is 5.69 Å². The van der Waals surface area contributed by atoms with E-state index >= 15 is 0 Å². The zero-order chi connectivity index (χ0) is 14.7. The van der Waals surface area contributed by atoms with Crippen LogP contribution in [0.3, 0.4) is 0 Å². The Kier molecular flexibility index (Phi) is 4.35. The summed E-state index contributed by atoms with van der Waals surface area (Å²) in [6.07, 6.45) is -3.46. The van der Waals surface area contributed by atoms with E-state index in [1.807, 2.05) is 0 Å². The zero-order valence-electron chi connectivity index (χ0n) is 9.44. The highest BCUT2D eigenvalue weighted by Gasteiger charge is 2.29. The number of alkyl halides is 3. The Labute approximate surface area is 106 Å². The first-order valence-electron chi connectivity index (χ1n) is 4.88. The van der Waals surface area contributed by atoms with Crippen LogP contribution >= 0.6 is 0 Å². The number of carbonyl (C=O) groups is 1. The average Bonchev–Trinajstić information content (AvgIpc) is 2.25. The highest BCUT2D eigenvalue weighted by molar-refractivity contribution is 7.92. The van der Waals surface area contributed by atoms with Crippen LogP contribution in [0.5, 0.6) is 0 Å². The van der Waals surface area contributed by atoms with Crippen LogP contribution in [0, 0.1) is 0 Å². The third-order valence-corrected chi connectivity index (χ3v) is 3.47. The molecule has 0 saturated heterocycles. The van der Waals surface area contributed by atoms with Gasteiger partial charge < -0.3 is 11.1 Å². The number of pyridine rings is 1. The molecule has 19 heavy (non-hydrogen) atoms. The highest BCUT2D eigenvalue weighted by atomic mass is 32.2. The van der Waals surface area contributed by atoms with Crippen LogP contribution in [0.15, 0.2) is 23.4 Å². The predicted octanol–water partition coefficient (Wildman–Crippen LogP) is 0.116. The number of rotatable bonds is 4. The number of amides is 1. The van der Waals surface area contributed by atoms with E-state index in [2.05, 4.69) is 4.98 Å². The van der Waals surface area contributed by atoms with Gasteiger partial charge in [-0.15, -0.1) is 0 Å². The molecule has 0 aliphatic carbocycles. The minimum atomic E-state index is -4.61. The predicted molar refractivity (Wildman–Crippen MR) is 59.8 cm³/mol. The summed E-state index contributed by atoms with van der Waals surface area (Å²) in [6.45, 7) is -1.60. The molecule has 106 valence electrons. The molecule has 3 N–H and O–H groups in total. The van der Waals surface area contributed by atoms with Gasteiger partial charge in [-0.2, -0.15) is 13.2 Å². The van der Waals surface area contributed by atoms with Gasteiger partial charge in [0.1, 0.15) is 12.3 Å². The van der Waals surface area contributed by atoms with Crippen LogP contribution in [0.25, 0.3) is 0 Å². The van der Waals surface area contributed by atoms with Crippen molar-refractivity contribution in [1.82, 2.24) is 10.3 Å². The van der Waals surface area contributed by atoms with Gasteiger partial charge in [0.15, 0.2) is 5.03 Å². The van der Waals surface area contributed by atoms with Crippen LogP contribution in [0.1, 0.15) is 0 Å². The molecule has 0 bridgehead atoms. The Bertz CT molecular complexity index is 572. The maximum absolute atomic E-state index is 11.8. The zero-order valence-corrected chi connectivity index (χ0v) is 10.3. The summed E-state index contributed by atoms with van der Waals surface area (Å²) in [5, 5.41) is 0.926. The van der Waals surface area contributed by atoms with Crippen LogP contribution in [-0.4, -0.2) is 37.8 Å². The molecule has 0 unspecified atom stereocenters. The fourth-order valence-electron chi connectivity index (χ4n) is 1.15. The Balaban J connectivity index is 2.76. The van der Waals surface area contributed by atoms with E-state index in [9.17, 15) is 26.4 Å². The lowest BCUT2D eigenvalue weighted by molar-refractivity contribution is -0.137. The van der Waals surface area contributed by atoms with Crippen molar-refractivity contribution in [3.63, 3.8) is 0 Å². The number of halogens is 3. The van der Waals surface area contributed by atoms with Crippen LogP contribution in [0.2, 0.25) is 0 Å². The molecule has 0 aliphatic heterocycles. The second kappa shape index (κ2) is 5.43. The van der Waals surface area contributed by atoms with Crippen LogP contribution < -0.4 is 11.1 Å². The number of carbonyl (C=O) groups excluding carboxylic acids is 1. The molecule has 0 fully saturated rings. The first-order chi connectivity index (χ1) is 8.62. The molecule has 1 heterocycles. The number of hydrogen-bond donors (Lipinski definition) is 2. The summed E-state index contributed by atoms with van der Waals surface area (Å²) < 4.78 is 58.9. The molecule has 0 radical (unpaired) electrons. The number of nitrogens with zero attached hydrogens (tertiary/aromatic N) is 1. The number of nitrogen functional groups attached to an aromatic ring is 1. The molecular weight excluding hydrogens is 287 g/mol. The monoisotopic (exact) mass is 297 g/mol. The summed E-state index contributed by atoms with van der Waals surface area (Å²) in [5.41, 5.74) is 5.20. The van der Waals surface area contributed by atoms with Gasteiger partial charge in [-0.1, -0.05) is 0 Å². The largest absolute Gasteiger partial charge is 0.405 e. The van der Waals surface area contributed by atoms with Crippen LogP contribution in [-0.2, 0) is 14.6 Å². The molecule has 1 aromatic heterocycles. The minimum absolute atomic E-state index is 0.175. The molecule has 6 nitrogen and oxygen atoms in total. The molecule has 0 spiro atoms. The maximum Gasteiger partial charge on any atom is 0.405 e. The molecule has 0 aliphatic rings. The van der Waals surface area contributed by atoms with Crippen molar-refractivity contribution in [3.8, 4) is 0 Å². The van der Waals surface area contributed by atoms with E-state index in [-0.39, 0.29) is 5.69 Å². The first-order valence-corrected chi connectivity index (χ1v) is 6.54. The SMILES string of the molecule is Nc1cccnc1S(=O)(=O)CC(=O)NCC(F)(F)F. The Hall–Kier alpha value is -1.84. The number of anilines is 1. The third-order valence-electron chi connectivity index (χ3n) is 1.90. The molecule has 0 saturated carbocycles. The summed E-state index contributed by atoms with van der Waals surface area (Å²) in [5.74, 6) is -2.42. The van der Waals surface area contributed by atoms with E-state index in [1.165, 1.54) is 17.4 Å². The second-order valence-electron chi connectivity index (χ2n) is 3.55. The molecular formula is C9H10F3N3O3S. The average molecular weight is 297 g/mol. The summed E-state index contributed by atoms with van der Waals surface area (Å²) >= 11 is 0. The third kappa shape index (κ3) is 4.73. The standard InChI is InChI=1S/C9H10F3N3O3S/c10-9(11,12)5-15-7(16)4-19(17,18)8-6(13)2-1-3-14-8/h1-3H,4-5,13H2,(H,15,16). The van der Waals surface area contributed by atoms with E-state index in [0.717, 1.165) is 6.20 Å². The molecule has 0 atom stereocenters. The van der Waals surface area contributed by atoms with E-state index in [4.69, 9.17) is 5.73 Å². The van der Waals surface area contributed by atoms with E-state index in [1.54, 1.807) is 0 Å². The maximum atomic E-state index is 11.8. The van der Waals surface area contributed by atoms with Crippen LogP contribution in [0.4, 0.5) is 18.9 Å². The Morgan fingerprint density at radius 1 is 1.42 bits per heavy atom. The normalized spacial score (nSPS) is 12.2. The van der Waals surface area contributed by atoms with Gasteiger partial charge in [-0.05, 0) is 12.1 Å². The van der Waals surface area contributed by atoms with Crippen molar-refractivity contribution in [2.75, 3.05) is 18.0 Å². The van der Waals surface area contributed by atoms with Gasteiger partial charge >= 0.3 is 6.18 Å². The molecule has 1 amide bonds. The van der Waals surface area contributed by atoms with Gasteiger partial charge in [0.25, 0.3) is 0 Å². The summed E-state index contributed by atoms with van der Waals surface area (Å²) in [7, 11) is -4.17. The van der Waals surface area contributed by atoms with E-state index < -0.39 is 39.2 Å². The number of sulfone groups is 1. The van der Waals surface area contributed by atoms with Crippen molar-refractivity contribution in [1.29, 1.82) is 0 Å². The quantitative estimate of drug-likeness (QED) is 0.821. The fourth-order valence-corrected chi connectivity index (χ4v) is 2.39. The smallest absolute Gasteiger partial charge is 0.396 e. The Morgan fingerprint density at radius 3 is 2.58 bits per heavy atom. The highest BCUT2D eigenvalue weighted by Crippen LogP contribution is 2.16. The lowest BCUT2D eigenvalue weighted by Crippen LogP contribution is -2.37. The van der Waals surface area contributed by atoms with Crippen molar-refractivity contribution in [3.05, 3.63) is 18.3 Å². The lowest BCUT2D eigenvalue weighted by atomic mass is 10.4. The Morgan fingerprint density at radius 2 is 2.05 bits per heavy atom. The number of aromatic nitrogens is 1. The van der Waals surface area contributed by atoms with Crippen molar-refractivity contribution in [2.24, 2.45) is 0 Å². The minimum Gasteiger partial charge on any atom is -0.396 e. The number of nitrogens with two attached hydrogens (primary N) is 1. The van der Waals surface area contributed by atoms with E-state index in [0.29, 0.717) is 0 Å². The van der Waals surface area contributed by atoms with Crippen molar-refractivity contribution >= 4 is 21.4 Å². The molecule has 1 aromatic rings. The first kappa shape index (κ1) is 15.2. The number of hydrogen-bond acceptors (Lipinski definition) is 5. The summed E-state index contributed by atoms with van der Waals surface area (Å²) in [4.78, 5) is 14.6. The van der Waals surface area contributed by atoms with Gasteiger partial charge in [0, 0.05) is 6.20 Å². The van der Waals surface area contributed by atoms with Gasteiger partial charge in [-0.25, -0.2) is 13.4 Å². The molecule has 1 rings (SSSR count). The topological polar surface area (TPSA) is 102 Å². The second-order valence-corrected chi connectivity index (χ2v) is 5.45.